The molecule has 5 nitrogen and oxygen atoms in total. The minimum absolute atomic E-state index is 0.0767. The molecule has 1 rings (SSSR count). The van der Waals surface area contributed by atoms with Crippen LogP contribution in [0.1, 0.15) is 51.9 Å². The van der Waals surface area contributed by atoms with Gasteiger partial charge in [0.1, 0.15) is 11.4 Å². The summed E-state index contributed by atoms with van der Waals surface area (Å²) >= 11 is -2.66. The van der Waals surface area contributed by atoms with E-state index in [1.165, 1.54) is 25.3 Å². The van der Waals surface area contributed by atoms with E-state index in [-0.39, 0.29) is 11.5 Å². The maximum Gasteiger partial charge on any atom is 0.197 e. The minimum Gasteiger partial charge on any atom is -0.740 e. The van der Waals surface area contributed by atoms with E-state index in [0.717, 1.165) is 19.3 Å². The molecular weight excluding hydrogens is 292 g/mol. The quantitative estimate of drug-likeness (QED) is 0.385. The third kappa shape index (κ3) is 8.04. The molecule has 0 amide bonds. The van der Waals surface area contributed by atoms with Gasteiger partial charge in [0.05, 0.1) is 0 Å². The molecule has 0 fully saturated rings. The Morgan fingerprint density at radius 1 is 1.14 bits per heavy atom. The van der Waals surface area contributed by atoms with Gasteiger partial charge in [-0.15, -0.1) is 0 Å². The lowest BCUT2D eigenvalue weighted by Gasteiger charge is -2.16. The molecule has 120 valence electrons. The van der Waals surface area contributed by atoms with Gasteiger partial charge >= 0.3 is 0 Å². The van der Waals surface area contributed by atoms with Gasteiger partial charge in [-0.2, -0.15) is 0 Å². The number of rotatable bonds is 11. The van der Waals surface area contributed by atoms with Crippen LogP contribution in [0.2, 0.25) is 0 Å². The molecule has 2 atom stereocenters. The van der Waals surface area contributed by atoms with Crippen molar-refractivity contribution in [2.45, 2.75) is 58.2 Å². The predicted octanol–water partition coefficient (Wildman–Crippen LogP) is 3.31. The van der Waals surface area contributed by atoms with Crippen LogP contribution in [0.4, 0.5) is 0 Å². The third-order valence-corrected chi connectivity index (χ3v) is 3.39. The summed E-state index contributed by atoms with van der Waals surface area (Å²) in [6, 6.07) is 6.36. The first kappa shape index (κ1) is 17.9. The number of unbranched alkanes of at least 4 members (excludes halogenated alkanes) is 5. The Labute approximate surface area is 128 Å². The van der Waals surface area contributed by atoms with Crippen LogP contribution in [0.25, 0.3) is 0 Å². The molecule has 0 aliphatic heterocycles. The Kier molecular flexibility index (Phi) is 9.05. The molecule has 0 saturated heterocycles. The molecule has 6 heteroatoms. The summed E-state index contributed by atoms with van der Waals surface area (Å²) in [7, 11) is 0. The number of aliphatic hydroxyl groups excluding tert-OH is 1. The Morgan fingerprint density at radius 3 is 2.43 bits per heavy atom. The molecule has 0 saturated carbocycles. The molecule has 0 aromatic heterocycles. The minimum atomic E-state index is -2.66. The third-order valence-electron chi connectivity index (χ3n) is 3.07. The number of ether oxygens (including phenoxy) is 1. The molecular formula is C15H23O5S-. The number of aliphatic hydroxyl groups is 1. The second kappa shape index (κ2) is 10.6. The number of benzene rings is 1. The van der Waals surface area contributed by atoms with E-state index in [9.17, 15) is 13.9 Å². The monoisotopic (exact) mass is 315 g/mol. The Morgan fingerprint density at radius 2 is 1.76 bits per heavy atom. The smallest absolute Gasteiger partial charge is 0.197 e. The lowest BCUT2D eigenvalue weighted by atomic mass is 10.1. The van der Waals surface area contributed by atoms with Crippen molar-refractivity contribution in [2.75, 3.05) is 0 Å². The zero-order valence-electron chi connectivity index (χ0n) is 12.3. The second-order valence-corrected chi connectivity index (χ2v) is 5.44. The lowest BCUT2D eigenvalue weighted by molar-refractivity contribution is -0.0256. The van der Waals surface area contributed by atoms with E-state index >= 15 is 0 Å². The van der Waals surface area contributed by atoms with Crippen LogP contribution in [0.15, 0.2) is 24.3 Å². The first-order valence-electron chi connectivity index (χ1n) is 7.34. The van der Waals surface area contributed by atoms with Crippen LogP contribution in [-0.2, 0) is 11.4 Å². The van der Waals surface area contributed by atoms with Crippen LogP contribution in [-0.4, -0.2) is 20.2 Å². The van der Waals surface area contributed by atoms with Crippen molar-refractivity contribution in [2.24, 2.45) is 0 Å². The topological polar surface area (TPSA) is 78.8 Å². The number of hydrogen-bond acceptors (Lipinski definition) is 5. The summed E-state index contributed by atoms with van der Waals surface area (Å²) in [4.78, 5) is 0. The SMILES string of the molecule is CCCCCCCCC(O)Oc1ccccc1OS(=O)[O-]. The fourth-order valence-electron chi connectivity index (χ4n) is 1.99. The fraction of sp³-hybridized carbons (Fsp3) is 0.600. The Bertz CT molecular complexity index is 424. The Hall–Kier alpha value is -1.11. The van der Waals surface area contributed by atoms with Crippen LogP contribution >= 0.6 is 0 Å². The van der Waals surface area contributed by atoms with Crippen molar-refractivity contribution < 1.29 is 22.8 Å². The van der Waals surface area contributed by atoms with E-state index in [1.54, 1.807) is 18.2 Å². The largest absolute Gasteiger partial charge is 0.740 e. The van der Waals surface area contributed by atoms with E-state index < -0.39 is 17.7 Å². The van der Waals surface area contributed by atoms with Gasteiger partial charge in [-0.25, -0.2) is 4.21 Å². The van der Waals surface area contributed by atoms with Gasteiger partial charge in [0.2, 0.25) is 0 Å². The van der Waals surface area contributed by atoms with Crippen molar-refractivity contribution >= 4 is 11.4 Å². The average molecular weight is 315 g/mol. The standard InChI is InChI=1S/C15H24O5S/c1-2-3-4-5-6-7-12-15(16)19-13-10-8-9-11-14(13)20-21(17)18/h8-11,15-16H,2-7,12H2,1H3,(H,17,18)/p-1. The van der Waals surface area contributed by atoms with Gasteiger partial charge in [-0.05, 0) is 18.6 Å². The van der Waals surface area contributed by atoms with Crippen molar-refractivity contribution in [1.82, 2.24) is 0 Å². The summed E-state index contributed by atoms with van der Waals surface area (Å²) in [5.74, 6) is 0.299. The lowest BCUT2D eigenvalue weighted by Crippen LogP contribution is -2.16. The molecule has 1 aromatic carbocycles. The molecule has 0 spiro atoms. The van der Waals surface area contributed by atoms with Gasteiger partial charge < -0.3 is 18.6 Å². The number of para-hydroxylation sites is 2. The van der Waals surface area contributed by atoms with Crippen LogP contribution in [0.3, 0.4) is 0 Å². The summed E-state index contributed by atoms with van der Waals surface area (Å²) in [5, 5.41) is 9.83. The van der Waals surface area contributed by atoms with Crippen LogP contribution < -0.4 is 8.92 Å². The van der Waals surface area contributed by atoms with E-state index in [0.29, 0.717) is 6.42 Å². The van der Waals surface area contributed by atoms with Crippen molar-refractivity contribution in [1.29, 1.82) is 0 Å². The zero-order chi connectivity index (χ0) is 15.5. The summed E-state index contributed by atoms with van der Waals surface area (Å²) < 4.78 is 31.1. The summed E-state index contributed by atoms with van der Waals surface area (Å²) in [6.45, 7) is 2.17. The van der Waals surface area contributed by atoms with Gasteiger partial charge in [0.15, 0.2) is 17.8 Å². The van der Waals surface area contributed by atoms with E-state index in [4.69, 9.17) is 4.74 Å². The highest BCUT2D eigenvalue weighted by atomic mass is 32.2. The molecule has 0 bridgehead atoms. The maximum absolute atomic E-state index is 10.6. The van der Waals surface area contributed by atoms with Gasteiger partial charge in [-0.1, -0.05) is 51.2 Å². The first-order valence-corrected chi connectivity index (χ1v) is 8.34. The average Bonchev–Trinajstić information content (AvgIpc) is 2.44. The molecule has 0 aliphatic carbocycles. The van der Waals surface area contributed by atoms with Gasteiger partial charge in [-0.3, -0.25) is 0 Å². The van der Waals surface area contributed by atoms with Gasteiger partial charge in [0.25, 0.3) is 0 Å². The second-order valence-electron chi connectivity index (χ2n) is 4.86. The van der Waals surface area contributed by atoms with E-state index in [1.807, 2.05) is 0 Å². The fourth-order valence-corrected chi connectivity index (χ4v) is 2.28. The molecule has 1 aromatic rings. The van der Waals surface area contributed by atoms with Crippen molar-refractivity contribution in [3.63, 3.8) is 0 Å². The van der Waals surface area contributed by atoms with E-state index in [2.05, 4.69) is 11.1 Å². The van der Waals surface area contributed by atoms with Crippen molar-refractivity contribution in [3.8, 4) is 11.5 Å². The summed E-state index contributed by atoms with van der Waals surface area (Å²) in [6.07, 6.45) is 6.33. The molecule has 0 radical (unpaired) electrons. The van der Waals surface area contributed by atoms with Crippen LogP contribution in [0, 0.1) is 0 Å². The summed E-state index contributed by atoms with van der Waals surface area (Å²) in [5.41, 5.74) is 0. The van der Waals surface area contributed by atoms with Crippen molar-refractivity contribution in [3.05, 3.63) is 24.3 Å². The molecule has 2 unspecified atom stereocenters. The Balaban J connectivity index is 2.33. The van der Waals surface area contributed by atoms with Gasteiger partial charge in [0, 0.05) is 6.42 Å². The predicted molar refractivity (Wildman–Crippen MR) is 80.6 cm³/mol. The highest BCUT2D eigenvalue weighted by Gasteiger charge is 2.10. The molecule has 0 aliphatic rings. The molecule has 0 heterocycles. The zero-order valence-corrected chi connectivity index (χ0v) is 13.1. The molecule has 21 heavy (non-hydrogen) atoms. The normalized spacial score (nSPS) is 13.7. The van der Waals surface area contributed by atoms with Crippen LogP contribution in [0.5, 0.6) is 11.5 Å². The highest BCUT2D eigenvalue weighted by molar-refractivity contribution is 7.74. The maximum atomic E-state index is 10.6. The molecule has 1 N–H and O–H groups in total. The number of hydrogen-bond donors (Lipinski definition) is 1. The first-order chi connectivity index (χ1) is 10.1. The highest BCUT2D eigenvalue weighted by Crippen LogP contribution is 2.28.